The van der Waals surface area contributed by atoms with Crippen molar-refractivity contribution in [1.29, 1.82) is 0 Å². The third kappa shape index (κ3) is 7.32. The van der Waals surface area contributed by atoms with E-state index < -0.39 is 0 Å². The van der Waals surface area contributed by atoms with E-state index in [1.165, 1.54) is 6.42 Å². The number of hydrogen-bond acceptors (Lipinski definition) is 6. The van der Waals surface area contributed by atoms with Gasteiger partial charge in [0.05, 0.1) is 13.2 Å². The number of anilines is 1. The van der Waals surface area contributed by atoms with Gasteiger partial charge in [-0.25, -0.2) is 15.0 Å². The fourth-order valence-electron chi connectivity index (χ4n) is 3.20. The van der Waals surface area contributed by atoms with Gasteiger partial charge in [0.15, 0.2) is 5.96 Å². The van der Waals surface area contributed by atoms with Gasteiger partial charge < -0.3 is 21.1 Å². The summed E-state index contributed by atoms with van der Waals surface area (Å²) >= 11 is 0. The highest BCUT2D eigenvalue weighted by Gasteiger charge is 2.12. The molecule has 0 bridgehead atoms. The van der Waals surface area contributed by atoms with Crippen LogP contribution in [0.5, 0.6) is 5.75 Å². The van der Waals surface area contributed by atoms with Crippen LogP contribution in [0, 0.1) is 13.8 Å². The van der Waals surface area contributed by atoms with E-state index in [9.17, 15) is 0 Å². The van der Waals surface area contributed by atoms with Crippen molar-refractivity contribution in [2.45, 2.75) is 39.3 Å². The highest BCUT2D eigenvalue weighted by Crippen LogP contribution is 2.13. The average molecular weight is 398 g/mol. The van der Waals surface area contributed by atoms with Crippen LogP contribution in [0.1, 0.15) is 29.8 Å². The van der Waals surface area contributed by atoms with Gasteiger partial charge in [0, 0.05) is 24.0 Å². The monoisotopic (exact) mass is 397 g/mol. The Balaban J connectivity index is 1.38. The first-order valence-electron chi connectivity index (χ1n) is 10.1. The number of nitrogens with zero attached hydrogens (tertiary/aromatic N) is 3. The molecule has 1 atom stereocenters. The summed E-state index contributed by atoms with van der Waals surface area (Å²) in [7, 11) is 0. The normalized spacial score (nSPS) is 16.8. The lowest BCUT2D eigenvalue weighted by molar-refractivity contribution is 0.305. The van der Waals surface area contributed by atoms with Gasteiger partial charge in [-0.2, -0.15) is 0 Å². The van der Waals surface area contributed by atoms with Crippen LogP contribution in [0.4, 0.5) is 5.95 Å². The van der Waals surface area contributed by atoms with E-state index in [1.807, 2.05) is 44.2 Å². The molecule has 0 spiro atoms. The molecule has 1 saturated heterocycles. The van der Waals surface area contributed by atoms with Gasteiger partial charge in [-0.1, -0.05) is 12.1 Å². The molecule has 1 fully saturated rings. The van der Waals surface area contributed by atoms with Crippen molar-refractivity contribution < 1.29 is 4.74 Å². The molecule has 1 unspecified atom stereocenters. The molecule has 0 amide bonds. The first-order chi connectivity index (χ1) is 14.1. The van der Waals surface area contributed by atoms with E-state index in [0.717, 1.165) is 48.8 Å². The Morgan fingerprint density at radius 1 is 1.24 bits per heavy atom. The summed E-state index contributed by atoms with van der Waals surface area (Å²) < 4.78 is 5.81. The SMILES string of the molecule is Cc1cc(C)nc(NC(N)=NCc2ccc(OCCCNC3CCNC3)cc2)n1. The van der Waals surface area contributed by atoms with Crippen LogP contribution < -0.4 is 26.4 Å². The average Bonchev–Trinajstić information content (AvgIpc) is 3.20. The van der Waals surface area contributed by atoms with Crippen molar-refractivity contribution in [1.82, 2.24) is 20.6 Å². The molecule has 8 nitrogen and oxygen atoms in total. The largest absolute Gasteiger partial charge is 0.494 e. The molecule has 0 aliphatic carbocycles. The van der Waals surface area contributed by atoms with Crippen LogP contribution in [0.15, 0.2) is 35.3 Å². The van der Waals surface area contributed by atoms with Gasteiger partial charge in [-0.3, -0.25) is 5.32 Å². The second kappa shape index (κ2) is 10.7. The maximum atomic E-state index is 5.95. The second-order valence-corrected chi connectivity index (χ2v) is 7.29. The first kappa shape index (κ1) is 21.0. The molecular formula is C21H31N7O. The lowest BCUT2D eigenvalue weighted by atomic mass is 10.2. The van der Waals surface area contributed by atoms with E-state index in [1.54, 1.807) is 0 Å². The molecule has 5 N–H and O–H groups in total. The molecule has 0 saturated carbocycles. The Kier molecular flexibility index (Phi) is 7.77. The highest BCUT2D eigenvalue weighted by molar-refractivity contribution is 5.90. The minimum Gasteiger partial charge on any atom is -0.494 e. The maximum Gasteiger partial charge on any atom is 0.229 e. The summed E-state index contributed by atoms with van der Waals surface area (Å²) in [5, 5.41) is 9.84. The Morgan fingerprint density at radius 2 is 2.00 bits per heavy atom. The second-order valence-electron chi connectivity index (χ2n) is 7.29. The summed E-state index contributed by atoms with van der Waals surface area (Å²) in [4.78, 5) is 12.9. The predicted octanol–water partition coefficient (Wildman–Crippen LogP) is 1.74. The molecule has 1 aromatic carbocycles. The number of nitrogens with two attached hydrogens (primary N) is 1. The number of guanidine groups is 1. The highest BCUT2D eigenvalue weighted by atomic mass is 16.5. The molecule has 8 heteroatoms. The van der Waals surface area contributed by atoms with Crippen LogP contribution in [0.3, 0.4) is 0 Å². The zero-order valence-electron chi connectivity index (χ0n) is 17.2. The van der Waals surface area contributed by atoms with Gasteiger partial charge in [-0.05, 0) is 63.5 Å². The van der Waals surface area contributed by atoms with Gasteiger partial charge in [0.1, 0.15) is 5.75 Å². The predicted molar refractivity (Wildman–Crippen MR) is 116 cm³/mol. The first-order valence-corrected chi connectivity index (χ1v) is 10.1. The van der Waals surface area contributed by atoms with Crippen molar-refractivity contribution in [2.75, 3.05) is 31.6 Å². The number of aliphatic imine (C=N–C) groups is 1. The summed E-state index contributed by atoms with van der Waals surface area (Å²) in [6.07, 6.45) is 2.20. The van der Waals surface area contributed by atoms with E-state index in [2.05, 4.69) is 30.9 Å². The zero-order valence-corrected chi connectivity index (χ0v) is 17.2. The minimum atomic E-state index is 0.292. The smallest absolute Gasteiger partial charge is 0.229 e. The molecule has 1 aliphatic heterocycles. The summed E-state index contributed by atoms with van der Waals surface area (Å²) in [6, 6.07) is 10.5. The molecule has 3 rings (SSSR count). The number of rotatable bonds is 9. The standard InChI is InChI=1S/C21H31N7O/c1-15-12-16(2)27-21(26-15)28-20(22)25-13-17-4-6-19(7-5-17)29-11-3-9-24-18-8-10-23-14-18/h4-7,12,18,23-24H,3,8-11,13-14H2,1-2H3,(H3,22,25,26,27,28). The topological polar surface area (TPSA) is 109 Å². The Labute approximate surface area is 172 Å². The minimum absolute atomic E-state index is 0.292. The number of aryl methyl sites for hydroxylation is 2. The number of aromatic nitrogens is 2. The maximum absolute atomic E-state index is 5.95. The molecule has 1 aromatic heterocycles. The van der Waals surface area contributed by atoms with E-state index in [0.29, 0.717) is 31.1 Å². The third-order valence-electron chi connectivity index (χ3n) is 4.66. The summed E-state index contributed by atoms with van der Waals surface area (Å²) in [5.41, 5.74) is 8.77. The van der Waals surface area contributed by atoms with Gasteiger partial charge in [0.25, 0.3) is 0 Å². The van der Waals surface area contributed by atoms with Crippen LogP contribution in [-0.4, -0.2) is 48.2 Å². The van der Waals surface area contributed by atoms with Gasteiger partial charge in [-0.15, -0.1) is 0 Å². The molecule has 0 radical (unpaired) electrons. The molecule has 29 heavy (non-hydrogen) atoms. The molecule has 156 valence electrons. The van der Waals surface area contributed by atoms with Crippen LogP contribution in [-0.2, 0) is 6.54 Å². The number of ether oxygens (including phenoxy) is 1. The fourth-order valence-corrected chi connectivity index (χ4v) is 3.20. The fraction of sp³-hybridized carbons (Fsp3) is 0.476. The third-order valence-corrected chi connectivity index (χ3v) is 4.66. The van der Waals surface area contributed by atoms with Crippen LogP contribution in [0.2, 0.25) is 0 Å². The van der Waals surface area contributed by atoms with Crippen LogP contribution >= 0.6 is 0 Å². The van der Waals surface area contributed by atoms with Crippen molar-refractivity contribution in [3.8, 4) is 5.75 Å². The van der Waals surface area contributed by atoms with Crippen molar-refractivity contribution in [2.24, 2.45) is 10.7 Å². The van der Waals surface area contributed by atoms with E-state index in [-0.39, 0.29) is 0 Å². The van der Waals surface area contributed by atoms with E-state index >= 15 is 0 Å². The number of nitrogens with one attached hydrogen (secondary N) is 3. The van der Waals surface area contributed by atoms with Crippen molar-refractivity contribution >= 4 is 11.9 Å². The van der Waals surface area contributed by atoms with E-state index in [4.69, 9.17) is 10.5 Å². The van der Waals surface area contributed by atoms with Crippen LogP contribution in [0.25, 0.3) is 0 Å². The summed E-state index contributed by atoms with van der Waals surface area (Å²) in [5.74, 6) is 1.63. The quantitative estimate of drug-likeness (QED) is 0.290. The lowest BCUT2D eigenvalue weighted by Crippen LogP contribution is -2.32. The number of hydrogen-bond donors (Lipinski definition) is 4. The zero-order chi connectivity index (χ0) is 20.5. The van der Waals surface area contributed by atoms with Crippen molar-refractivity contribution in [3.63, 3.8) is 0 Å². The summed E-state index contributed by atoms with van der Waals surface area (Å²) in [6.45, 7) is 8.19. The molecule has 2 heterocycles. The molecule has 2 aromatic rings. The Hall–Kier alpha value is -2.71. The number of benzene rings is 1. The molecular weight excluding hydrogens is 366 g/mol. The molecule has 1 aliphatic rings. The van der Waals surface area contributed by atoms with Gasteiger partial charge >= 0.3 is 0 Å². The lowest BCUT2D eigenvalue weighted by Gasteiger charge is -2.11. The Bertz CT molecular complexity index is 781. The van der Waals surface area contributed by atoms with Gasteiger partial charge in [0.2, 0.25) is 5.95 Å². The Morgan fingerprint density at radius 3 is 2.69 bits per heavy atom. The van der Waals surface area contributed by atoms with Crippen molar-refractivity contribution in [3.05, 3.63) is 47.3 Å².